The quantitative estimate of drug-likeness (QED) is 0.747. The van der Waals surface area contributed by atoms with Crippen LogP contribution in [-0.2, 0) is 9.53 Å². The van der Waals surface area contributed by atoms with Crippen LogP contribution in [0.15, 0.2) is 18.2 Å². The number of hydrogen-bond donors (Lipinski definition) is 0. The first-order valence-electron chi connectivity index (χ1n) is 6.53. The first-order chi connectivity index (χ1) is 9.58. The summed E-state index contributed by atoms with van der Waals surface area (Å²) in [4.78, 5) is 27.2. The van der Waals surface area contributed by atoms with Gasteiger partial charge in [0.05, 0.1) is 30.5 Å². The zero-order valence-electron chi connectivity index (χ0n) is 11.1. The SMILES string of the molecule is CN1CCOC(CN2C(=O)C(=O)c3cccc(F)c32)C1. The molecule has 106 valence electrons. The van der Waals surface area contributed by atoms with Gasteiger partial charge >= 0.3 is 0 Å². The Morgan fingerprint density at radius 3 is 2.95 bits per heavy atom. The molecule has 0 N–H and O–H groups in total. The number of morpholine rings is 1. The smallest absolute Gasteiger partial charge is 0.299 e. The van der Waals surface area contributed by atoms with Crippen molar-refractivity contribution in [3.8, 4) is 0 Å². The van der Waals surface area contributed by atoms with Gasteiger partial charge in [-0.1, -0.05) is 6.07 Å². The fourth-order valence-electron chi connectivity index (χ4n) is 2.67. The molecule has 2 aliphatic heterocycles. The largest absolute Gasteiger partial charge is 0.374 e. The van der Waals surface area contributed by atoms with Crippen LogP contribution in [0.25, 0.3) is 0 Å². The molecule has 1 atom stereocenters. The zero-order chi connectivity index (χ0) is 14.3. The van der Waals surface area contributed by atoms with Crippen LogP contribution in [0.3, 0.4) is 0 Å². The molecule has 0 aliphatic carbocycles. The van der Waals surface area contributed by atoms with Gasteiger partial charge in [-0.05, 0) is 19.2 Å². The predicted octanol–water partition coefficient (Wildman–Crippen LogP) is 0.686. The maximum absolute atomic E-state index is 13.9. The van der Waals surface area contributed by atoms with Crippen molar-refractivity contribution >= 4 is 17.4 Å². The molecule has 6 heteroatoms. The highest BCUT2D eigenvalue weighted by Crippen LogP contribution is 2.32. The molecule has 0 radical (unpaired) electrons. The summed E-state index contributed by atoms with van der Waals surface area (Å²) in [5.41, 5.74) is 0.221. The Bertz CT molecular complexity index is 576. The number of halogens is 1. The highest BCUT2D eigenvalue weighted by Gasteiger charge is 2.39. The van der Waals surface area contributed by atoms with Crippen LogP contribution in [0.2, 0.25) is 0 Å². The van der Waals surface area contributed by atoms with Gasteiger partial charge in [0, 0.05) is 13.1 Å². The highest BCUT2D eigenvalue weighted by molar-refractivity contribution is 6.52. The minimum Gasteiger partial charge on any atom is -0.374 e. The average molecular weight is 278 g/mol. The van der Waals surface area contributed by atoms with Crippen molar-refractivity contribution in [2.45, 2.75) is 6.10 Å². The number of nitrogens with zero attached hydrogens (tertiary/aromatic N) is 2. The molecule has 0 aromatic heterocycles. The summed E-state index contributed by atoms with van der Waals surface area (Å²) >= 11 is 0. The molecular weight excluding hydrogens is 263 g/mol. The third-order valence-corrected chi connectivity index (χ3v) is 3.67. The molecule has 5 nitrogen and oxygen atoms in total. The third kappa shape index (κ3) is 2.10. The molecule has 0 bridgehead atoms. The molecule has 1 saturated heterocycles. The normalized spacial score (nSPS) is 23.3. The lowest BCUT2D eigenvalue weighted by Crippen LogP contribution is -2.47. The number of likely N-dealkylation sites (N-methyl/N-ethyl adjacent to an activating group) is 1. The maximum Gasteiger partial charge on any atom is 0.299 e. The number of para-hydroxylation sites is 1. The number of benzene rings is 1. The average Bonchev–Trinajstić information content (AvgIpc) is 2.66. The van der Waals surface area contributed by atoms with E-state index in [9.17, 15) is 14.0 Å². The molecule has 20 heavy (non-hydrogen) atoms. The summed E-state index contributed by atoms with van der Waals surface area (Å²) in [5.74, 6) is -1.88. The molecular formula is C14H15FN2O3. The number of carbonyl (C=O) groups is 2. The molecule has 1 unspecified atom stereocenters. The second-order valence-electron chi connectivity index (χ2n) is 5.14. The third-order valence-electron chi connectivity index (χ3n) is 3.67. The summed E-state index contributed by atoms with van der Waals surface area (Å²) in [6.45, 7) is 2.25. The second kappa shape index (κ2) is 4.96. The highest BCUT2D eigenvalue weighted by atomic mass is 19.1. The van der Waals surface area contributed by atoms with Gasteiger partial charge in [-0.25, -0.2) is 4.39 Å². The van der Waals surface area contributed by atoms with Gasteiger partial charge in [-0.15, -0.1) is 0 Å². The Balaban J connectivity index is 1.87. The van der Waals surface area contributed by atoms with Gasteiger partial charge < -0.3 is 9.64 Å². The van der Waals surface area contributed by atoms with Crippen molar-refractivity contribution in [1.82, 2.24) is 4.90 Å². The lowest BCUT2D eigenvalue weighted by Gasteiger charge is -2.32. The number of anilines is 1. The Hall–Kier alpha value is -1.79. The standard InChI is InChI=1S/C14H15FN2O3/c1-16-5-6-20-9(7-16)8-17-12-10(13(18)14(17)19)3-2-4-11(12)15/h2-4,9H,5-8H2,1H3. The molecule has 1 aromatic carbocycles. The van der Waals surface area contributed by atoms with Gasteiger partial charge in [0.25, 0.3) is 11.7 Å². The Morgan fingerprint density at radius 1 is 1.40 bits per heavy atom. The molecule has 0 spiro atoms. The fraction of sp³-hybridized carbons (Fsp3) is 0.429. The summed E-state index contributed by atoms with van der Waals surface area (Å²) < 4.78 is 19.5. The second-order valence-corrected chi connectivity index (χ2v) is 5.14. The van der Waals surface area contributed by atoms with Crippen molar-refractivity contribution in [3.05, 3.63) is 29.6 Å². The van der Waals surface area contributed by atoms with Crippen molar-refractivity contribution < 1.29 is 18.7 Å². The van der Waals surface area contributed by atoms with Crippen LogP contribution in [0.5, 0.6) is 0 Å². The van der Waals surface area contributed by atoms with E-state index in [2.05, 4.69) is 4.90 Å². The van der Waals surface area contributed by atoms with E-state index >= 15 is 0 Å². The van der Waals surface area contributed by atoms with E-state index in [0.29, 0.717) is 13.2 Å². The van der Waals surface area contributed by atoms with Crippen molar-refractivity contribution in [1.29, 1.82) is 0 Å². The molecule has 1 amide bonds. The monoisotopic (exact) mass is 278 g/mol. The van der Waals surface area contributed by atoms with E-state index < -0.39 is 17.5 Å². The number of ether oxygens (including phenoxy) is 1. The van der Waals surface area contributed by atoms with Gasteiger partial charge in [0.2, 0.25) is 0 Å². The van der Waals surface area contributed by atoms with Crippen LogP contribution in [0.4, 0.5) is 10.1 Å². The number of amides is 1. The van der Waals surface area contributed by atoms with E-state index in [0.717, 1.165) is 6.54 Å². The Labute approximate surface area is 115 Å². The molecule has 1 fully saturated rings. The first kappa shape index (κ1) is 13.2. The van der Waals surface area contributed by atoms with Crippen molar-refractivity contribution in [3.63, 3.8) is 0 Å². The van der Waals surface area contributed by atoms with Crippen LogP contribution in [-0.4, -0.2) is 56.0 Å². The lowest BCUT2D eigenvalue weighted by atomic mass is 10.1. The van der Waals surface area contributed by atoms with E-state index in [-0.39, 0.29) is 23.9 Å². The van der Waals surface area contributed by atoms with Crippen LogP contribution >= 0.6 is 0 Å². The van der Waals surface area contributed by atoms with E-state index in [1.54, 1.807) is 0 Å². The van der Waals surface area contributed by atoms with Crippen LogP contribution < -0.4 is 4.90 Å². The number of hydrogen-bond acceptors (Lipinski definition) is 4. The van der Waals surface area contributed by atoms with E-state index in [1.807, 2.05) is 7.05 Å². The van der Waals surface area contributed by atoms with Gasteiger partial charge in [-0.2, -0.15) is 0 Å². The minimum atomic E-state index is -0.679. The number of fused-ring (bicyclic) bond motifs is 1. The summed E-state index contributed by atoms with van der Waals surface area (Å²) in [5, 5.41) is 0. The lowest BCUT2D eigenvalue weighted by molar-refractivity contribution is -0.115. The summed E-state index contributed by atoms with van der Waals surface area (Å²) in [7, 11) is 1.96. The molecule has 3 rings (SSSR count). The van der Waals surface area contributed by atoms with Crippen molar-refractivity contribution in [2.75, 3.05) is 38.2 Å². The van der Waals surface area contributed by atoms with Gasteiger partial charge in [-0.3, -0.25) is 14.5 Å². The van der Waals surface area contributed by atoms with Crippen LogP contribution in [0.1, 0.15) is 10.4 Å². The number of carbonyl (C=O) groups excluding carboxylic acids is 2. The first-order valence-corrected chi connectivity index (χ1v) is 6.53. The molecule has 0 saturated carbocycles. The topological polar surface area (TPSA) is 49.9 Å². The van der Waals surface area contributed by atoms with E-state index in [4.69, 9.17) is 4.74 Å². The zero-order valence-corrected chi connectivity index (χ0v) is 11.1. The summed E-state index contributed by atoms with van der Waals surface area (Å²) in [6.07, 6.45) is -0.212. The number of ketones is 1. The number of rotatable bonds is 2. The number of Topliss-reactive ketones (excluding diaryl/α,β-unsaturated/α-hetero) is 1. The minimum absolute atomic E-state index is 0.0827. The molecule has 2 aliphatic rings. The molecule has 1 aromatic rings. The Kier molecular flexibility index (Phi) is 3.27. The maximum atomic E-state index is 13.9. The van der Waals surface area contributed by atoms with Crippen LogP contribution in [0, 0.1) is 5.82 Å². The molecule has 2 heterocycles. The van der Waals surface area contributed by atoms with Crippen molar-refractivity contribution in [2.24, 2.45) is 0 Å². The fourth-order valence-corrected chi connectivity index (χ4v) is 2.67. The van der Waals surface area contributed by atoms with Gasteiger partial charge in [0.15, 0.2) is 0 Å². The Morgan fingerprint density at radius 2 is 2.20 bits per heavy atom. The predicted molar refractivity (Wildman–Crippen MR) is 70.3 cm³/mol. The van der Waals surface area contributed by atoms with Gasteiger partial charge in [0.1, 0.15) is 5.82 Å². The summed E-state index contributed by atoms with van der Waals surface area (Å²) in [6, 6.07) is 4.17. The van der Waals surface area contributed by atoms with E-state index in [1.165, 1.54) is 23.1 Å².